The quantitative estimate of drug-likeness (QED) is 0.850. The van der Waals surface area contributed by atoms with Crippen LogP contribution in [-0.2, 0) is 0 Å². The van der Waals surface area contributed by atoms with Gasteiger partial charge in [-0.25, -0.2) is 4.98 Å². The van der Waals surface area contributed by atoms with Gasteiger partial charge < -0.3 is 9.64 Å². The second-order valence-corrected chi connectivity index (χ2v) is 4.68. The molecular formula is C16H17N3O. The van der Waals surface area contributed by atoms with Gasteiger partial charge in [-0.05, 0) is 38.1 Å². The first kappa shape index (κ1) is 13.9. The van der Waals surface area contributed by atoms with Crippen LogP contribution >= 0.6 is 0 Å². The number of para-hydroxylation sites is 1. The molecule has 1 heterocycles. The third-order valence-electron chi connectivity index (χ3n) is 2.82. The van der Waals surface area contributed by atoms with Crippen molar-refractivity contribution in [3.05, 3.63) is 48.2 Å². The summed E-state index contributed by atoms with van der Waals surface area (Å²) < 4.78 is 5.77. The van der Waals surface area contributed by atoms with Crippen molar-refractivity contribution >= 4 is 11.5 Å². The molecule has 4 heteroatoms. The number of rotatable bonds is 4. The molecule has 0 unspecified atom stereocenters. The predicted molar refractivity (Wildman–Crippen MR) is 79.2 cm³/mol. The molecule has 0 N–H and O–H groups in total. The number of pyridine rings is 1. The predicted octanol–water partition coefficient (Wildman–Crippen LogP) is 3.51. The minimum Gasteiger partial charge on any atom is -0.487 e. The Morgan fingerprint density at radius 1 is 1.20 bits per heavy atom. The second kappa shape index (κ2) is 6.07. The van der Waals surface area contributed by atoms with Gasteiger partial charge in [-0.1, -0.05) is 12.1 Å². The Morgan fingerprint density at radius 2 is 1.95 bits per heavy atom. The topological polar surface area (TPSA) is 49.1 Å². The van der Waals surface area contributed by atoms with Crippen LogP contribution in [0, 0.1) is 11.3 Å². The van der Waals surface area contributed by atoms with Crippen LogP contribution in [0.1, 0.15) is 19.4 Å². The zero-order valence-corrected chi connectivity index (χ0v) is 11.9. The molecule has 0 saturated carbocycles. The number of anilines is 2. The molecule has 1 aromatic heterocycles. The maximum Gasteiger partial charge on any atom is 0.175 e. The van der Waals surface area contributed by atoms with E-state index in [-0.39, 0.29) is 6.10 Å². The standard InChI is InChI=1S/C16H17N3O/c1-12(2)20-15-9-6-10-18-16(15)19(3)14-8-5-4-7-13(14)11-17/h4-10,12H,1-3H3. The molecule has 0 aliphatic heterocycles. The summed E-state index contributed by atoms with van der Waals surface area (Å²) in [6.45, 7) is 3.94. The molecule has 0 saturated heterocycles. The third-order valence-corrected chi connectivity index (χ3v) is 2.82. The van der Waals surface area contributed by atoms with E-state index in [2.05, 4.69) is 11.1 Å². The minimum absolute atomic E-state index is 0.0672. The minimum atomic E-state index is 0.0672. The molecule has 0 fully saturated rings. The highest BCUT2D eigenvalue weighted by atomic mass is 16.5. The van der Waals surface area contributed by atoms with Gasteiger partial charge in [0.1, 0.15) is 6.07 Å². The maximum atomic E-state index is 9.20. The normalized spacial score (nSPS) is 10.2. The first-order chi connectivity index (χ1) is 9.63. The Hall–Kier alpha value is -2.54. The SMILES string of the molecule is CC(C)Oc1cccnc1N(C)c1ccccc1C#N. The maximum absolute atomic E-state index is 9.20. The van der Waals surface area contributed by atoms with Crippen molar-refractivity contribution < 1.29 is 4.74 Å². The number of hydrogen-bond acceptors (Lipinski definition) is 4. The average molecular weight is 267 g/mol. The highest BCUT2D eigenvalue weighted by Gasteiger charge is 2.15. The van der Waals surface area contributed by atoms with Crippen molar-refractivity contribution in [2.24, 2.45) is 0 Å². The van der Waals surface area contributed by atoms with E-state index in [1.54, 1.807) is 12.3 Å². The van der Waals surface area contributed by atoms with E-state index >= 15 is 0 Å². The molecule has 1 aromatic carbocycles. The molecule has 0 atom stereocenters. The smallest absolute Gasteiger partial charge is 0.175 e. The number of nitrogens with zero attached hydrogens (tertiary/aromatic N) is 3. The Morgan fingerprint density at radius 3 is 2.65 bits per heavy atom. The lowest BCUT2D eigenvalue weighted by molar-refractivity contribution is 0.242. The molecule has 0 bridgehead atoms. The van der Waals surface area contributed by atoms with Crippen molar-refractivity contribution in [1.29, 1.82) is 5.26 Å². The molecule has 0 radical (unpaired) electrons. The molecule has 0 aliphatic rings. The van der Waals surface area contributed by atoms with Crippen LogP contribution in [0.25, 0.3) is 0 Å². The first-order valence-electron chi connectivity index (χ1n) is 6.48. The highest BCUT2D eigenvalue weighted by molar-refractivity contribution is 5.69. The van der Waals surface area contributed by atoms with Gasteiger partial charge in [0, 0.05) is 13.2 Å². The average Bonchev–Trinajstić information content (AvgIpc) is 2.46. The van der Waals surface area contributed by atoms with Gasteiger partial charge in [-0.2, -0.15) is 5.26 Å². The van der Waals surface area contributed by atoms with E-state index in [1.165, 1.54) is 0 Å². The molecular weight excluding hydrogens is 250 g/mol. The number of hydrogen-bond donors (Lipinski definition) is 0. The van der Waals surface area contributed by atoms with E-state index in [0.29, 0.717) is 17.1 Å². The van der Waals surface area contributed by atoms with Gasteiger partial charge in [0.2, 0.25) is 0 Å². The number of benzene rings is 1. The monoisotopic (exact) mass is 267 g/mol. The van der Waals surface area contributed by atoms with Crippen LogP contribution in [0.3, 0.4) is 0 Å². The lowest BCUT2D eigenvalue weighted by Gasteiger charge is -2.22. The van der Waals surface area contributed by atoms with Crippen LogP contribution in [0.2, 0.25) is 0 Å². The number of nitriles is 1. The third kappa shape index (κ3) is 2.89. The number of aromatic nitrogens is 1. The molecule has 0 amide bonds. The summed E-state index contributed by atoms with van der Waals surface area (Å²) in [5.74, 6) is 1.40. The lowest BCUT2D eigenvalue weighted by atomic mass is 10.2. The molecule has 0 aliphatic carbocycles. The van der Waals surface area contributed by atoms with Crippen LogP contribution in [0.4, 0.5) is 11.5 Å². The Labute approximate surface area is 119 Å². The van der Waals surface area contributed by atoms with E-state index in [1.807, 2.05) is 56.1 Å². The van der Waals surface area contributed by atoms with Gasteiger partial charge in [0.15, 0.2) is 11.6 Å². The van der Waals surface area contributed by atoms with Crippen LogP contribution in [0.15, 0.2) is 42.6 Å². The highest BCUT2D eigenvalue weighted by Crippen LogP contribution is 2.32. The van der Waals surface area contributed by atoms with Crippen LogP contribution in [-0.4, -0.2) is 18.1 Å². The summed E-state index contributed by atoms with van der Waals surface area (Å²) in [7, 11) is 1.88. The van der Waals surface area contributed by atoms with Crippen molar-refractivity contribution in [2.45, 2.75) is 20.0 Å². The Kier molecular flexibility index (Phi) is 4.21. The van der Waals surface area contributed by atoms with Gasteiger partial charge in [-0.3, -0.25) is 0 Å². The lowest BCUT2D eigenvalue weighted by Crippen LogP contribution is -2.16. The Bertz CT molecular complexity index is 632. The van der Waals surface area contributed by atoms with Gasteiger partial charge in [-0.15, -0.1) is 0 Å². The fourth-order valence-electron chi connectivity index (χ4n) is 1.95. The summed E-state index contributed by atoms with van der Waals surface area (Å²) in [5, 5.41) is 9.20. The molecule has 102 valence electrons. The fraction of sp³-hybridized carbons (Fsp3) is 0.250. The molecule has 2 rings (SSSR count). The summed E-state index contributed by atoms with van der Waals surface area (Å²) in [6.07, 6.45) is 1.78. The van der Waals surface area contributed by atoms with E-state index < -0.39 is 0 Å². The first-order valence-corrected chi connectivity index (χ1v) is 6.48. The number of ether oxygens (including phenoxy) is 1. The van der Waals surface area contributed by atoms with Gasteiger partial charge in [0.05, 0.1) is 17.4 Å². The van der Waals surface area contributed by atoms with Crippen molar-refractivity contribution in [2.75, 3.05) is 11.9 Å². The molecule has 20 heavy (non-hydrogen) atoms. The zero-order valence-electron chi connectivity index (χ0n) is 11.9. The van der Waals surface area contributed by atoms with E-state index in [4.69, 9.17) is 4.74 Å². The van der Waals surface area contributed by atoms with E-state index in [9.17, 15) is 5.26 Å². The molecule has 4 nitrogen and oxygen atoms in total. The van der Waals surface area contributed by atoms with Crippen molar-refractivity contribution in [3.8, 4) is 11.8 Å². The zero-order chi connectivity index (χ0) is 14.5. The van der Waals surface area contributed by atoms with Crippen LogP contribution < -0.4 is 9.64 Å². The summed E-state index contributed by atoms with van der Waals surface area (Å²) in [5.41, 5.74) is 1.42. The summed E-state index contributed by atoms with van der Waals surface area (Å²) >= 11 is 0. The van der Waals surface area contributed by atoms with Gasteiger partial charge in [0.25, 0.3) is 0 Å². The van der Waals surface area contributed by atoms with Crippen LogP contribution in [0.5, 0.6) is 5.75 Å². The Balaban J connectivity index is 2.43. The fourth-order valence-corrected chi connectivity index (χ4v) is 1.95. The summed E-state index contributed by atoms with van der Waals surface area (Å²) in [4.78, 5) is 6.25. The summed E-state index contributed by atoms with van der Waals surface area (Å²) in [6, 6.07) is 13.4. The van der Waals surface area contributed by atoms with Gasteiger partial charge >= 0.3 is 0 Å². The molecule has 0 spiro atoms. The van der Waals surface area contributed by atoms with E-state index in [0.717, 1.165) is 5.69 Å². The van der Waals surface area contributed by atoms with Crippen molar-refractivity contribution in [3.63, 3.8) is 0 Å². The van der Waals surface area contributed by atoms with Crippen molar-refractivity contribution in [1.82, 2.24) is 4.98 Å². The molecule has 2 aromatic rings. The largest absolute Gasteiger partial charge is 0.487 e. The second-order valence-electron chi connectivity index (χ2n) is 4.68.